The standard InChI is InChI=1S/C68H86F6N12O10/c1-39(2)53-61(91)77-47(21-11-13-33-75)57(87)83-55(43-25-29-45(30-26-43)67(69,70)71)63(93)80-50(38-42-19-9-6-10-20-42)66(96)86-36-16-24-52(86)60(90)82-54(40(3)4)62(92)78-48(22-12-14-34-76)58(88)84-56(44-27-31-46(32-28-44)68(72,73)74)64(94)79-49(37-41-17-7-5-8-18-41)65(95)85-35-15-23-51(85)59(89)81-53/h5-10,17-20,25-32,39-40,47-56H,11-16,21-24,33-38,75-76H2,1-4H3,(H,77,91)(H,78,92)(H,79,94)(H,80,93)(H,81,89)(H,82,90)(H,83,87)(H,84,88)/t47-,48-,49+,50+,51-,52-,53-,54-,55-,56-/m0/s1. The maximum Gasteiger partial charge on any atom is 0.416 e. The lowest BCUT2D eigenvalue weighted by Crippen LogP contribution is -2.61. The molecule has 0 bridgehead atoms. The second-order valence-corrected chi connectivity index (χ2v) is 25.2. The van der Waals surface area contributed by atoms with E-state index in [9.17, 15) is 55.1 Å². The fourth-order valence-corrected chi connectivity index (χ4v) is 12.0. The molecular weight excluding hydrogens is 1260 g/mol. The molecule has 96 heavy (non-hydrogen) atoms. The van der Waals surface area contributed by atoms with E-state index in [1.165, 1.54) is 9.80 Å². The van der Waals surface area contributed by atoms with Crippen molar-refractivity contribution in [1.29, 1.82) is 0 Å². The maximum absolute atomic E-state index is 15.2. The molecule has 10 atom stereocenters. The number of hydrogen-bond donors (Lipinski definition) is 10. The molecule has 22 nitrogen and oxygen atoms in total. The van der Waals surface area contributed by atoms with Crippen molar-refractivity contribution in [1.82, 2.24) is 52.3 Å². The third-order valence-electron chi connectivity index (χ3n) is 17.4. The third kappa shape index (κ3) is 20.1. The highest BCUT2D eigenvalue weighted by Crippen LogP contribution is 2.33. The number of nitrogens with one attached hydrogen (secondary N) is 8. The van der Waals surface area contributed by atoms with Gasteiger partial charge in [0.05, 0.1) is 11.1 Å². The van der Waals surface area contributed by atoms with Crippen molar-refractivity contribution in [3.63, 3.8) is 0 Å². The maximum atomic E-state index is 15.2. The molecule has 10 amide bonds. The van der Waals surface area contributed by atoms with Gasteiger partial charge in [0, 0.05) is 25.9 Å². The van der Waals surface area contributed by atoms with Crippen LogP contribution in [-0.4, -0.2) is 143 Å². The molecule has 4 aromatic rings. The summed E-state index contributed by atoms with van der Waals surface area (Å²) < 4.78 is 84.3. The molecule has 520 valence electrons. The Morgan fingerprint density at radius 2 is 0.740 bits per heavy atom. The van der Waals surface area contributed by atoms with Gasteiger partial charge in [-0.2, -0.15) is 26.3 Å². The second kappa shape index (κ2) is 34.1. The fraction of sp³-hybridized carbons (Fsp3) is 0.500. The van der Waals surface area contributed by atoms with Crippen LogP contribution < -0.4 is 54.0 Å². The number of nitrogens with two attached hydrogens (primary N) is 2. The predicted octanol–water partition coefficient (Wildman–Crippen LogP) is 4.70. The van der Waals surface area contributed by atoms with Crippen molar-refractivity contribution >= 4 is 59.1 Å². The molecule has 0 radical (unpaired) electrons. The van der Waals surface area contributed by atoms with Gasteiger partial charge in [0.2, 0.25) is 59.1 Å². The Morgan fingerprint density at radius 3 is 1.05 bits per heavy atom. The zero-order chi connectivity index (χ0) is 70.0. The lowest BCUT2D eigenvalue weighted by atomic mass is 9.99. The Kier molecular flexibility index (Phi) is 26.5. The summed E-state index contributed by atoms with van der Waals surface area (Å²) in [5, 5.41) is 21.5. The number of amides is 10. The number of halogens is 6. The first kappa shape index (κ1) is 74.5. The molecule has 28 heteroatoms. The molecule has 4 aromatic carbocycles. The van der Waals surface area contributed by atoms with Crippen molar-refractivity contribution in [2.24, 2.45) is 23.3 Å². The van der Waals surface area contributed by atoms with Crippen LogP contribution in [0.15, 0.2) is 109 Å². The quantitative estimate of drug-likeness (QED) is 0.0539. The summed E-state index contributed by atoms with van der Waals surface area (Å²) in [6.45, 7) is 6.65. The highest BCUT2D eigenvalue weighted by molar-refractivity contribution is 6.00. The van der Waals surface area contributed by atoms with Crippen molar-refractivity contribution in [3.05, 3.63) is 143 Å². The number of fused-ring (bicyclic) bond motifs is 2. The first-order valence-corrected chi connectivity index (χ1v) is 32.5. The molecule has 3 fully saturated rings. The van der Waals surface area contributed by atoms with E-state index >= 15 is 19.2 Å². The lowest BCUT2D eigenvalue weighted by Gasteiger charge is -2.33. The van der Waals surface area contributed by atoms with Crippen molar-refractivity contribution in [3.8, 4) is 0 Å². The molecule has 0 spiro atoms. The third-order valence-corrected chi connectivity index (χ3v) is 17.4. The van der Waals surface area contributed by atoms with Crippen LogP contribution in [0.5, 0.6) is 0 Å². The number of nitrogens with zero attached hydrogens (tertiary/aromatic N) is 2. The average molecular weight is 1350 g/mol. The Bertz CT molecular complexity index is 3130. The average Bonchev–Trinajstić information content (AvgIpc) is 1.52. The number of rotatable bonds is 16. The van der Waals surface area contributed by atoms with E-state index in [1.807, 2.05) is 0 Å². The van der Waals surface area contributed by atoms with Gasteiger partial charge < -0.3 is 63.8 Å². The molecule has 3 aliphatic heterocycles. The summed E-state index contributed by atoms with van der Waals surface area (Å²) in [6.07, 6.45) is -8.51. The van der Waals surface area contributed by atoms with Crippen molar-refractivity contribution in [2.75, 3.05) is 26.2 Å². The van der Waals surface area contributed by atoms with Gasteiger partial charge in [-0.15, -0.1) is 0 Å². The molecule has 0 unspecified atom stereocenters. The van der Waals surface area contributed by atoms with Gasteiger partial charge in [-0.1, -0.05) is 113 Å². The first-order valence-electron chi connectivity index (χ1n) is 32.5. The van der Waals surface area contributed by atoms with Gasteiger partial charge in [0.15, 0.2) is 0 Å². The van der Waals surface area contributed by atoms with Gasteiger partial charge in [-0.05, 0) is 136 Å². The molecule has 0 aliphatic carbocycles. The Labute approximate surface area is 553 Å². The van der Waals surface area contributed by atoms with E-state index in [0.29, 0.717) is 48.2 Å². The largest absolute Gasteiger partial charge is 0.416 e. The van der Waals surface area contributed by atoms with Crippen molar-refractivity contribution in [2.45, 2.75) is 178 Å². The van der Waals surface area contributed by atoms with Crippen LogP contribution in [0.2, 0.25) is 0 Å². The first-order chi connectivity index (χ1) is 45.6. The normalized spacial score (nSPS) is 24.6. The topological polar surface area (TPSA) is 325 Å². The van der Waals surface area contributed by atoms with E-state index in [0.717, 1.165) is 24.3 Å². The molecule has 0 saturated carbocycles. The summed E-state index contributed by atoms with van der Waals surface area (Å²) in [6, 6.07) is 8.38. The van der Waals surface area contributed by atoms with Gasteiger partial charge in [0.25, 0.3) is 0 Å². The smallest absolute Gasteiger partial charge is 0.343 e. The highest BCUT2D eigenvalue weighted by atomic mass is 19.4. The molecule has 0 aromatic heterocycles. The molecule has 3 aliphatic rings. The van der Waals surface area contributed by atoms with Crippen LogP contribution in [0.1, 0.15) is 137 Å². The van der Waals surface area contributed by atoms with Crippen LogP contribution >= 0.6 is 0 Å². The number of alkyl halides is 6. The summed E-state index contributed by atoms with van der Waals surface area (Å²) in [4.78, 5) is 151. The fourth-order valence-electron chi connectivity index (χ4n) is 12.0. The second-order valence-electron chi connectivity index (χ2n) is 25.2. The molecule has 7 rings (SSSR count). The number of carbonyl (C=O) groups excluding carboxylic acids is 10. The van der Waals surface area contributed by atoms with E-state index in [4.69, 9.17) is 11.5 Å². The number of benzene rings is 4. The van der Waals surface area contributed by atoms with Crippen LogP contribution in [-0.2, 0) is 73.1 Å². The van der Waals surface area contributed by atoms with Crippen LogP contribution in [0, 0.1) is 11.8 Å². The summed E-state index contributed by atoms with van der Waals surface area (Å²) in [5.74, 6) is -10.5. The summed E-state index contributed by atoms with van der Waals surface area (Å²) in [5.41, 5.74) is 10.2. The minimum absolute atomic E-state index is 0.0329. The van der Waals surface area contributed by atoms with E-state index in [-0.39, 0.29) is 102 Å². The van der Waals surface area contributed by atoms with Crippen LogP contribution in [0.4, 0.5) is 26.3 Å². The number of carbonyl (C=O) groups is 10. The summed E-state index contributed by atoms with van der Waals surface area (Å²) in [7, 11) is 0. The SMILES string of the molecule is CC(C)[C@@H]1NC(=O)[C@@H]2CCCN2C(=O)[C@@H](Cc2ccccc2)NC(=O)[C@H](c2ccc(C(F)(F)F)cc2)NC(=O)[C@H](CCCCN)NC(=O)[C@H](C(C)C)NC(=O)[C@@H]2CCCN2C(=O)[C@@H](Cc2ccccc2)NC(=O)[C@H](c2ccc(C(F)(F)F)cc2)NC(=O)[C@H](CCCCN)NC1=O. The zero-order valence-electron chi connectivity index (χ0n) is 54.0. The van der Waals surface area contributed by atoms with Crippen molar-refractivity contribution < 1.29 is 74.3 Å². The lowest BCUT2D eigenvalue weighted by molar-refractivity contribution is -0.143. The Morgan fingerprint density at radius 1 is 0.406 bits per heavy atom. The van der Waals surface area contributed by atoms with Crippen LogP contribution in [0.3, 0.4) is 0 Å². The number of unbranched alkanes of at least 4 members (excludes halogenated alkanes) is 2. The van der Waals surface area contributed by atoms with E-state index in [2.05, 4.69) is 42.5 Å². The Hall–Kier alpha value is -8.92. The van der Waals surface area contributed by atoms with E-state index < -0.39 is 155 Å². The molecule has 3 saturated heterocycles. The summed E-state index contributed by atoms with van der Waals surface area (Å²) >= 11 is 0. The minimum atomic E-state index is -4.82. The van der Waals surface area contributed by atoms with Gasteiger partial charge in [0.1, 0.15) is 60.4 Å². The predicted molar refractivity (Wildman–Crippen MR) is 341 cm³/mol. The van der Waals surface area contributed by atoms with E-state index in [1.54, 1.807) is 88.4 Å². The minimum Gasteiger partial charge on any atom is -0.343 e. The zero-order valence-corrected chi connectivity index (χ0v) is 54.0. The van der Waals surface area contributed by atoms with Gasteiger partial charge >= 0.3 is 12.4 Å². The van der Waals surface area contributed by atoms with Gasteiger partial charge in [-0.3, -0.25) is 47.9 Å². The molecular formula is C68H86F6N12O10. The molecule has 12 N–H and O–H groups in total. The molecule has 3 heterocycles. The highest BCUT2D eigenvalue weighted by Gasteiger charge is 2.44. The van der Waals surface area contributed by atoms with Gasteiger partial charge in [-0.25, -0.2) is 0 Å². The Balaban J connectivity index is 1.34. The number of hydrogen-bond acceptors (Lipinski definition) is 12. The monoisotopic (exact) mass is 1340 g/mol. The van der Waals surface area contributed by atoms with Crippen LogP contribution in [0.25, 0.3) is 0 Å².